The predicted molar refractivity (Wildman–Crippen MR) is 106 cm³/mol. The maximum atomic E-state index is 12.7. The number of carbonyl (C=O) groups is 1. The average molecular weight is 390 g/mol. The molecule has 1 aliphatic carbocycles. The third-order valence-electron chi connectivity index (χ3n) is 6.04. The lowest BCUT2D eigenvalue weighted by Gasteiger charge is -2.31. The highest BCUT2D eigenvalue weighted by atomic mass is 32.2. The summed E-state index contributed by atoms with van der Waals surface area (Å²) in [4.78, 5) is 14.9. The van der Waals surface area contributed by atoms with Gasteiger partial charge in [0.25, 0.3) is 15.9 Å². The minimum absolute atomic E-state index is 0.150. The summed E-state index contributed by atoms with van der Waals surface area (Å²) in [6, 6.07) is 5.17. The molecular weight excluding hydrogens is 362 g/mol. The van der Waals surface area contributed by atoms with Gasteiger partial charge in [-0.05, 0) is 49.8 Å². The molecule has 0 radical (unpaired) electrons. The Labute approximate surface area is 161 Å². The number of carbonyl (C=O) groups excluding carboxylic acids is 1. The quantitative estimate of drug-likeness (QED) is 0.840. The number of rotatable bonds is 2. The van der Waals surface area contributed by atoms with Crippen LogP contribution in [0, 0.1) is 5.92 Å². The van der Waals surface area contributed by atoms with Crippen molar-refractivity contribution in [3.05, 3.63) is 23.8 Å². The maximum absolute atomic E-state index is 12.7. The summed E-state index contributed by atoms with van der Waals surface area (Å²) in [6.45, 7) is 2.93. The van der Waals surface area contributed by atoms with E-state index in [0.29, 0.717) is 29.4 Å². The fourth-order valence-corrected chi connectivity index (χ4v) is 5.69. The number of nitrogens with zero attached hydrogens (tertiary/aromatic N) is 2. The summed E-state index contributed by atoms with van der Waals surface area (Å²) >= 11 is 0. The first-order valence-corrected chi connectivity index (χ1v) is 11.5. The molecule has 2 heterocycles. The zero-order valence-corrected chi connectivity index (χ0v) is 16.6. The van der Waals surface area contributed by atoms with Gasteiger partial charge >= 0.3 is 0 Å². The number of benzene rings is 1. The summed E-state index contributed by atoms with van der Waals surface area (Å²) in [5, 5.41) is 3.10. The van der Waals surface area contributed by atoms with Crippen molar-refractivity contribution in [2.75, 3.05) is 11.4 Å². The van der Waals surface area contributed by atoms with E-state index in [9.17, 15) is 13.2 Å². The SMILES string of the molecule is C[C@@H]1CCCC[C@H]1NC(=O)c1ccc2c(c1)S(=O)(=O)N=C1CCCCCN12. The molecule has 1 aromatic rings. The fourth-order valence-electron chi connectivity index (χ4n) is 4.40. The lowest BCUT2D eigenvalue weighted by atomic mass is 9.86. The zero-order valence-electron chi connectivity index (χ0n) is 15.8. The molecule has 1 saturated carbocycles. The van der Waals surface area contributed by atoms with E-state index < -0.39 is 10.0 Å². The Morgan fingerprint density at radius 3 is 2.78 bits per heavy atom. The van der Waals surface area contributed by atoms with Gasteiger partial charge in [0.05, 0.1) is 5.69 Å². The van der Waals surface area contributed by atoms with Crippen LogP contribution < -0.4 is 10.2 Å². The van der Waals surface area contributed by atoms with Crippen molar-refractivity contribution in [2.45, 2.75) is 69.2 Å². The first kappa shape index (κ1) is 18.5. The van der Waals surface area contributed by atoms with Crippen LogP contribution in [-0.4, -0.2) is 32.7 Å². The number of amides is 1. The van der Waals surface area contributed by atoms with Crippen LogP contribution in [-0.2, 0) is 10.0 Å². The molecule has 1 amide bonds. The Balaban J connectivity index is 1.63. The lowest BCUT2D eigenvalue weighted by molar-refractivity contribution is 0.0910. The largest absolute Gasteiger partial charge is 0.349 e. The highest BCUT2D eigenvalue weighted by Crippen LogP contribution is 2.35. The smallest absolute Gasteiger partial charge is 0.286 e. The molecule has 3 aliphatic rings. The second-order valence-corrected chi connectivity index (χ2v) is 9.54. The standard InChI is InChI=1S/C20H27N3O3S/c1-14-7-4-5-8-16(14)21-20(24)15-10-11-17-18(13-15)27(25,26)22-19-9-3-2-6-12-23(17)19/h10-11,13-14,16H,2-9,12H2,1H3,(H,21,24)/t14-,16-/m1/s1. The van der Waals surface area contributed by atoms with E-state index in [-0.39, 0.29) is 16.8 Å². The molecule has 146 valence electrons. The molecule has 0 aromatic heterocycles. The molecular formula is C20H27N3O3S. The normalized spacial score (nSPS) is 27.0. The Kier molecular flexibility index (Phi) is 4.97. The zero-order chi connectivity index (χ0) is 19.0. The van der Waals surface area contributed by atoms with Crippen molar-refractivity contribution in [1.29, 1.82) is 0 Å². The molecule has 7 heteroatoms. The van der Waals surface area contributed by atoms with Gasteiger partial charge in [-0.2, -0.15) is 8.42 Å². The molecule has 0 spiro atoms. The van der Waals surface area contributed by atoms with Crippen molar-refractivity contribution in [3.8, 4) is 0 Å². The van der Waals surface area contributed by atoms with E-state index in [0.717, 1.165) is 45.1 Å². The molecule has 1 N–H and O–H groups in total. The van der Waals surface area contributed by atoms with Gasteiger partial charge in [-0.15, -0.1) is 4.40 Å². The minimum Gasteiger partial charge on any atom is -0.349 e. The number of fused-ring (bicyclic) bond motifs is 3. The van der Waals surface area contributed by atoms with Gasteiger partial charge < -0.3 is 10.2 Å². The summed E-state index contributed by atoms with van der Waals surface area (Å²) < 4.78 is 29.5. The van der Waals surface area contributed by atoms with Crippen LogP contribution in [0.2, 0.25) is 0 Å². The average Bonchev–Trinajstić information content (AvgIpc) is 2.88. The Morgan fingerprint density at radius 1 is 1.15 bits per heavy atom. The molecule has 2 fully saturated rings. The highest BCUT2D eigenvalue weighted by molar-refractivity contribution is 7.90. The van der Waals surface area contributed by atoms with Gasteiger partial charge in [-0.25, -0.2) is 0 Å². The molecule has 2 atom stereocenters. The molecule has 1 saturated heterocycles. The number of hydrogen-bond acceptors (Lipinski definition) is 4. The summed E-state index contributed by atoms with van der Waals surface area (Å²) in [5.41, 5.74) is 1.05. The van der Waals surface area contributed by atoms with Gasteiger partial charge in [-0.1, -0.05) is 26.2 Å². The molecule has 1 aromatic carbocycles. The summed E-state index contributed by atoms with van der Waals surface area (Å²) in [6.07, 6.45) is 8.17. The van der Waals surface area contributed by atoms with Crippen LogP contribution >= 0.6 is 0 Å². The highest BCUT2D eigenvalue weighted by Gasteiger charge is 2.32. The molecule has 0 unspecified atom stereocenters. The minimum atomic E-state index is -3.76. The lowest BCUT2D eigenvalue weighted by Crippen LogP contribution is -2.41. The molecule has 27 heavy (non-hydrogen) atoms. The molecule has 6 nitrogen and oxygen atoms in total. The summed E-state index contributed by atoms with van der Waals surface area (Å²) in [5.74, 6) is 0.888. The molecule has 4 rings (SSSR count). The van der Waals surface area contributed by atoms with Crippen molar-refractivity contribution >= 4 is 27.5 Å². The number of amidine groups is 1. The van der Waals surface area contributed by atoms with Crippen LogP contribution in [0.15, 0.2) is 27.5 Å². The predicted octanol–water partition coefficient (Wildman–Crippen LogP) is 3.48. The van der Waals surface area contributed by atoms with Crippen molar-refractivity contribution in [2.24, 2.45) is 10.3 Å². The number of nitrogens with one attached hydrogen (secondary N) is 1. The number of hydrogen-bond donors (Lipinski definition) is 1. The Bertz CT molecular complexity index is 878. The van der Waals surface area contributed by atoms with E-state index in [1.807, 2.05) is 4.90 Å². The number of sulfonamides is 1. The first-order valence-electron chi connectivity index (χ1n) is 10.0. The van der Waals surface area contributed by atoms with Crippen LogP contribution in [0.4, 0.5) is 5.69 Å². The third-order valence-corrected chi connectivity index (χ3v) is 7.37. The number of anilines is 1. The van der Waals surface area contributed by atoms with Gasteiger partial charge in [0, 0.05) is 24.6 Å². The Hall–Kier alpha value is -1.89. The monoisotopic (exact) mass is 389 g/mol. The van der Waals surface area contributed by atoms with Gasteiger partial charge in [0.2, 0.25) is 0 Å². The van der Waals surface area contributed by atoms with E-state index in [1.54, 1.807) is 12.1 Å². The van der Waals surface area contributed by atoms with Gasteiger partial charge in [0.15, 0.2) is 0 Å². The topological polar surface area (TPSA) is 78.8 Å². The van der Waals surface area contributed by atoms with Crippen molar-refractivity contribution < 1.29 is 13.2 Å². The van der Waals surface area contributed by atoms with E-state index in [2.05, 4.69) is 16.6 Å². The summed E-state index contributed by atoms with van der Waals surface area (Å²) in [7, 11) is -3.76. The Morgan fingerprint density at radius 2 is 1.96 bits per heavy atom. The van der Waals surface area contributed by atoms with Crippen LogP contribution in [0.3, 0.4) is 0 Å². The third kappa shape index (κ3) is 3.61. The van der Waals surface area contributed by atoms with Gasteiger partial charge in [-0.3, -0.25) is 4.79 Å². The van der Waals surface area contributed by atoms with E-state index >= 15 is 0 Å². The molecule has 0 bridgehead atoms. The van der Waals surface area contributed by atoms with Gasteiger partial charge in [0.1, 0.15) is 10.7 Å². The molecule has 2 aliphatic heterocycles. The van der Waals surface area contributed by atoms with Crippen LogP contribution in [0.5, 0.6) is 0 Å². The van der Waals surface area contributed by atoms with E-state index in [4.69, 9.17) is 0 Å². The van der Waals surface area contributed by atoms with Crippen molar-refractivity contribution in [3.63, 3.8) is 0 Å². The van der Waals surface area contributed by atoms with Crippen LogP contribution in [0.25, 0.3) is 0 Å². The van der Waals surface area contributed by atoms with Crippen molar-refractivity contribution in [1.82, 2.24) is 5.32 Å². The van der Waals surface area contributed by atoms with E-state index in [1.165, 1.54) is 12.5 Å². The second-order valence-electron chi connectivity index (χ2n) is 7.97. The maximum Gasteiger partial charge on any atom is 0.286 e. The first-order chi connectivity index (χ1) is 13.0. The second kappa shape index (κ2) is 7.26. The fraction of sp³-hybridized carbons (Fsp3) is 0.600. The van der Waals surface area contributed by atoms with Crippen LogP contribution in [0.1, 0.15) is 68.6 Å².